The molecule has 0 amide bonds. The molecule has 13 heavy (non-hydrogen) atoms. The van der Waals surface area contributed by atoms with Gasteiger partial charge in [-0.25, -0.2) is 16.8 Å². The molecule has 0 aromatic carbocycles. The van der Waals surface area contributed by atoms with Crippen molar-refractivity contribution in [3.63, 3.8) is 0 Å². The summed E-state index contributed by atoms with van der Waals surface area (Å²) in [5.41, 5.74) is 0. The van der Waals surface area contributed by atoms with Crippen molar-refractivity contribution in [2.75, 3.05) is 0 Å². The average Bonchev–Trinajstić information content (AvgIpc) is 1.12. The molecular weight excluding hydrogens is 449 g/mol. The van der Waals surface area contributed by atoms with Gasteiger partial charge in [-0.3, -0.25) is 9.11 Å². The molecule has 8 nitrogen and oxygen atoms in total. The Kier molecular flexibility index (Phi) is 36.1. The van der Waals surface area contributed by atoms with Crippen LogP contribution in [0.5, 0.6) is 0 Å². The van der Waals surface area contributed by atoms with Crippen molar-refractivity contribution in [1.82, 2.24) is 0 Å². The first-order valence-electron chi connectivity index (χ1n) is 1.37. The van der Waals surface area contributed by atoms with Crippen molar-refractivity contribution in [1.29, 1.82) is 0 Å². The standard InChI is InChI=1S/2H2O4S.3Rb/c2*1-5(2,3)4;;;/h2*(H2,1,2,3,4);;;/q;;;2*+1/p-2. The second-order valence-electron chi connectivity index (χ2n) is 0.855. The third-order valence-electron chi connectivity index (χ3n) is 0. The van der Waals surface area contributed by atoms with Crippen LogP contribution >= 0.6 is 0 Å². The SMILES string of the molecule is O=S(=O)([O-])O.O=S(=O)([O-])O.[Rb+].[Rb+].[Rb]. The zero-order chi connectivity index (χ0) is 9.00. The van der Waals surface area contributed by atoms with Crippen LogP contribution in [0.3, 0.4) is 0 Å². The normalized spacial score (nSPS) is 8.92. The molecule has 0 unspecified atom stereocenters. The van der Waals surface area contributed by atoms with E-state index in [0.29, 0.717) is 0 Å². The molecular formula is H2O8Rb3S2. The zero-order valence-electron chi connectivity index (χ0n) is 7.16. The maximum atomic E-state index is 8.63. The van der Waals surface area contributed by atoms with Gasteiger partial charge in [0.2, 0.25) is 20.8 Å². The van der Waals surface area contributed by atoms with Gasteiger partial charge in [0.15, 0.2) is 0 Å². The van der Waals surface area contributed by atoms with Crippen molar-refractivity contribution < 1.29 is 151 Å². The number of hydrogen-bond acceptors (Lipinski definition) is 6. The van der Waals surface area contributed by atoms with Crippen molar-refractivity contribution in [3.05, 3.63) is 0 Å². The summed E-state index contributed by atoms with van der Waals surface area (Å²) >= 11 is 0. The van der Waals surface area contributed by atoms with Crippen LogP contribution in [0.2, 0.25) is 0 Å². The van der Waals surface area contributed by atoms with E-state index < -0.39 is 20.8 Å². The van der Waals surface area contributed by atoms with Crippen molar-refractivity contribution in [2.45, 2.75) is 0 Å². The van der Waals surface area contributed by atoms with E-state index in [9.17, 15) is 0 Å². The topological polar surface area (TPSA) is 155 Å². The Hall–Kier alpha value is 5.16. The molecule has 1 radical (unpaired) electrons. The Morgan fingerprint density at radius 1 is 0.769 bits per heavy atom. The summed E-state index contributed by atoms with van der Waals surface area (Å²) in [6, 6.07) is 0. The molecule has 0 heterocycles. The average molecular weight is 451 g/mol. The van der Waals surface area contributed by atoms with Crippen LogP contribution in [-0.2, 0) is 20.8 Å². The fraction of sp³-hybridized carbons (Fsp3) is 0. The second kappa shape index (κ2) is 15.2. The summed E-state index contributed by atoms with van der Waals surface area (Å²) in [7, 11) is -9.83. The smallest absolute Gasteiger partial charge is 0.726 e. The van der Waals surface area contributed by atoms with Crippen molar-refractivity contribution in [2.24, 2.45) is 0 Å². The van der Waals surface area contributed by atoms with Crippen LogP contribution in [0.4, 0.5) is 0 Å². The van der Waals surface area contributed by atoms with Crippen LogP contribution in [0.25, 0.3) is 0 Å². The minimum absolute atomic E-state index is 0. The Morgan fingerprint density at radius 2 is 0.769 bits per heavy atom. The minimum atomic E-state index is -4.92. The molecule has 0 aliphatic heterocycles. The Bertz CT molecular complexity index is 214. The molecule has 0 rings (SSSR count). The molecule has 13 heteroatoms. The van der Waals surface area contributed by atoms with E-state index in [0.717, 1.165) is 0 Å². The van der Waals surface area contributed by atoms with E-state index in [-0.39, 0.29) is 175 Å². The predicted octanol–water partition coefficient (Wildman–Crippen LogP) is -8.36. The predicted molar refractivity (Wildman–Crippen MR) is 30.4 cm³/mol. The molecule has 0 saturated carbocycles. The van der Waals surface area contributed by atoms with E-state index >= 15 is 0 Å². The van der Waals surface area contributed by atoms with Gasteiger partial charge in [-0.2, -0.15) is 0 Å². The summed E-state index contributed by atoms with van der Waals surface area (Å²) in [5.74, 6) is 0. The van der Waals surface area contributed by atoms with E-state index in [2.05, 4.69) is 0 Å². The van der Waals surface area contributed by atoms with Gasteiger partial charge in [0, 0.05) is 58.2 Å². The monoisotopic (exact) mass is 449 g/mol. The Labute approximate surface area is 223 Å². The first-order valence-corrected chi connectivity index (χ1v) is 4.10. The molecule has 0 fully saturated rings. The van der Waals surface area contributed by atoms with Crippen LogP contribution in [0.1, 0.15) is 0 Å². The summed E-state index contributed by atoms with van der Waals surface area (Å²) in [5, 5.41) is 0. The first kappa shape index (κ1) is 30.9. The largest absolute Gasteiger partial charge is 1.00 e. The molecule has 0 bridgehead atoms. The number of hydrogen-bond donors (Lipinski definition) is 2. The summed E-state index contributed by atoms with van der Waals surface area (Å²) in [6.45, 7) is 0. The quantitative estimate of drug-likeness (QED) is 0.272. The fourth-order valence-electron chi connectivity index (χ4n) is 0. The van der Waals surface area contributed by atoms with Gasteiger partial charge in [-0.15, -0.1) is 0 Å². The van der Waals surface area contributed by atoms with Crippen LogP contribution in [0.15, 0.2) is 0 Å². The summed E-state index contributed by atoms with van der Waals surface area (Å²) in [6.07, 6.45) is 0. The van der Waals surface area contributed by atoms with Gasteiger partial charge in [-0.05, 0) is 0 Å². The van der Waals surface area contributed by atoms with Crippen LogP contribution in [-0.4, -0.2) is 93.2 Å². The third-order valence-corrected chi connectivity index (χ3v) is 0. The van der Waals surface area contributed by atoms with Crippen LogP contribution in [0, 0.1) is 0 Å². The maximum Gasteiger partial charge on any atom is 1.00 e. The van der Waals surface area contributed by atoms with Gasteiger partial charge in [0.1, 0.15) is 0 Å². The molecule has 0 spiro atoms. The summed E-state index contributed by atoms with van der Waals surface area (Å²) < 4.78 is 65.7. The van der Waals surface area contributed by atoms with Gasteiger partial charge >= 0.3 is 116 Å². The van der Waals surface area contributed by atoms with E-state index in [1.807, 2.05) is 0 Å². The van der Waals surface area contributed by atoms with E-state index in [4.69, 9.17) is 35.0 Å². The Morgan fingerprint density at radius 3 is 0.769 bits per heavy atom. The van der Waals surface area contributed by atoms with Gasteiger partial charge in [0.25, 0.3) is 0 Å². The van der Waals surface area contributed by atoms with Crippen LogP contribution < -0.4 is 116 Å². The molecule has 65 valence electrons. The third kappa shape index (κ3) is 148. The maximum absolute atomic E-state index is 8.63. The van der Waals surface area contributed by atoms with Crippen molar-refractivity contribution in [3.8, 4) is 0 Å². The first-order chi connectivity index (χ1) is 4.00. The van der Waals surface area contributed by atoms with Gasteiger partial charge in [-0.1, -0.05) is 0 Å². The summed E-state index contributed by atoms with van der Waals surface area (Å²) in [4.78, 5) is 0. The molecule has 0 aliphatic rings. The minimum Gasteiger partial charge on any atom is -0.726 e. The molecule has 0 atom stereocenters. The Balaban J connectivity index is -0.0000000267. The molecule has 0 aliphatic carbocycles. The number of rotatable bonds is 0. The molecule has 2 N–H and O–H groups in total. The van der Waals surface area contributed by atoms with E-state index in [1.165, 1.54) is 0 Å². The van der Waals surface area contributed by atoms with Gasteiger partial charge in [0.05, 0.1) is 0 Å². The molecule has 0 aromatic heterocycles. The molecule has 0 saturated heterocycles. The molecule has 0 aromatic rings. The van der Waals surface area contributed by atoms with Crippen molar-refractivity contribution >= 4 is 79.0 Å². The van der Waals surface area contributed by atoms with Gasteiger partial charge < -0.3 is 9.11 Å². The van der Waals surface area contributed by atoms with E-state index in [1.54, 1.807) is 0 Å². The second-order valence-corrected chi connectivity index (χ2v) is 2.57. The zero-order valence-corrected chi connectivity index (χ0v) is 23.5. The fourth-order valence-corrected chi connectivity index (χ4v) is 0.